The Labute approximate surface area is 98.5 Å². The van der Waals surface area contributed by atoms with Crippen LogP contribution in [0.25, 0.3) is 0 Å². The van der Waals surface area contributed by atoms with Crippen molar-refractivity contribution in [2.45, 2.75) is 19.3 Å². The smallest absolute Gasteiger partial charge is 0.269 e. The van der Waals surface area contributed by atoms with E-state index in [1.165, 1.54) is 12.1 Å². The topological polar surface area (TPSA) is 84.6 Å². The van der Waals surface area contributed by atoms with Gasteiger partial charge in [0.2, 0.25) is 0 Å². The van der Waals surface area contributed by atoms with Crippen molar-refractivity contribution in [1.82, 2.24) is 0 Å². The van der Waals surface area contributed by atoms with Crippen LogP contribution >= 0.6 is 0 Å². The molecule has 0 aromatic heterocycles. The Morgan fingerprint density at radius 1 is 1.29 bits per heavy atom. The van der Waals surface area contributed by atoms with Crippen molar-refractivity contribution in [2.24, 2.45) is 5.10 Å². The van der Waals surface area contributed by atoms with Crippen molar-refractivity contribution in [1.29, 1.82) is 0 Å². The molecule has 0 radical (unpaired) electrons. The second-order valence-corrected chi connectivity index (χ2v) is 3.33. The lowest BCUT2D eigenvalue weighted by molar-refractivity contribution is -0.384. The van der Waals surface area contributed by atoms with Crippen LogP contribution in [0.5, 0.6) is 0 Å². The van der Waals surface area contributed by atoms with E-state index in [-0.39, 0.29) is 5.69 Å². The molecular weight excluding hydrogens is 222 g/mol. The van der Waals surface area contributed by atoms with Crippen molar-refractivity contribution < 1.29 is 9.72 Å². The van der Waals surface area contributed by atoms with Crippen LogP contribution in [-0.2, 0) is 4.79 Å². The first-order valence-electron chi connectivity index (χ1n) is 5.19. The largest absolute Gasteiger partial charge is 0.303 e. The summed E-state index contributed by atoms with van der Waals surface area (Å²) in [6.07, 6.45) is 4.57. The number of hydrogen-bond acceptors (Lipinski definition) is 5. The molecule has 6 nitrogen and oxygen atoms in total. The number of non-ortho nitro benzene ring substituents is 1. The van der Waals surface area contributed by atoms with E-state index < -0.39 is 4.92 Å². The first kappa shape index (κ1) is 12.8. The Kier molecular flexibility index (Phi) is 5.36. The maximum Gasteiger partial charge on any atom is 0.269 e. The van der Waals surface area contributed by atoms with E-state index in [2.05, 4.69) is 10.5 Å². The summed E-state index contributed by atoms with van der Waals surface area (Å²) in [5.74, 6) is 0. The summed E-state index contributed by atoms with van der Waals surface area (Å²) in [6.45, 7) is 0. The van der Waals surface area contributed by atoms with Gasteiger partial charge in [-0.25, -0.2) is 0 Å². The van der Waals surface area contributed by atoms with Gasteiger partial charge in [0.05, 0.1) is 10.6 Å². The van der Waals surface area contributed by atoms with Gasteiger partial charge in [-0.3, -0.25) is 15.5 Å². The van der Waals surface area contributed by atoms with Crippen molar-refractivity contribution in [3.8, 4) is 0 Å². The lowest BCUT2D eigenvalue weighted by atomic mass is 10.3. The Bertz CT molecular complexity index is 401. The molecule has 1 N–H and O–H groups in total. The van der Waals surface area contributed by atoms with E-state index in [1.807, 2.05) is 0 Å². The molecule has 0 aliphatic rings. The van der Waals surface area contributed by atoms with Gasteiger partial charge < -0.3 is 4.79 Å². The van der Waals surface area contributed by atoms with E-state index in [0.717, 1.165) is 19.1 Å². The number of benzene rings is 1. The lowest BCUT2D eigenvalue weighted by Gasteiger charge is -1.98. The zero-order valence-corrected chi connectivity index (χ0v) is 9.20. The molecule has 17 heavy (non-hydrogen) atoms. The Hall–Kier alpha value is -2.24. The summed E-state index contributed by atoms with van der Waals surface area (Å²) in [7, 11) is 0. The van der Waals surface area contributed by atoms with Crippen LogP contribution in [0.3, 0.4) is 0 Å². The number of rotatable bonds is 7. The van der Waals surface area contributed by atoms with E-state index >= 15 is 0 Å². The highest BCUT2D eigenvalue weighted by atomic mass is 16.6. The van der Waals surface area contributed by atoms with Crippen LogP contribution in [0, 0.1) is 10.1 Å². The van der Waals surface area contributed by atoms with Gasteiger partial charge in [0.1, 0.15) is 6.29 Å². The van der Waals surface area contributed by atoms with Crippen LogP contribution in [0.1, 0.15) is 19.3 Å². The van der Waals surface area contributed by atoms with E-state index in [9.17, 15) is 14.9 Å². The van der Waals surface area contributed by atoms with Crippen LogP contribution < -0.4 is 5.43 Å². The van der Waals surface area contributed by atoms with Gasteiger partial charge in [-0.2, -0.15) is 5.10 Å². The highest BCUT2D eigenvalue weighted by Gasteiger charge is 2.02. The Balaban J connectivity index is 2.36. The molecular formula is C11H13N3O3. The molecule has 0 saturated heterocycles. The molecule has 0 aliphatic heterocycles. The molecule has 0 atom stereocenters. The zero-order chi connectivity index (χ0) is 12.5. The maximum atomic E-state index is 10.4. The van der Waals surface area contributed by atoms with Crippen LogP contribution in [-0.4, -0.2) is 17.4 Å². The molecule has 90 valence electrons. The lowest BCUT2D eigenvalue weighted by Crippen LogP contribution is -1.91. The van der Waals surface area contributed by atoms with Crippen molar-refractivity contribution in [2.75, 3.05) is 5.43 Å². The normalized spacial score (nSPS) is 10.4. The number of unbranched alkanes of at least 4 members (excludes halogenated alkanes) is 2. The average molecular weight is 235 g/mol. The highest BCUT2D eigenvalue weighted by molar-refractivity contribution is 5.60. The number of nitrogens with one attached hydrogen (secondary N) is 1. The molecule has 0 unspecified atom stereocenters. The predicted molar refractivity (Wildman–Crippen MR) is 65.1 cm³/mol. The number of aldehydes is 1. The minimum atomic E-state index is -0.452. The number of hydrazone groups is 1. The van der Waals surface area contributed by atoms with E-state index in [4.69, 9.17) is 0 Å². The number of nitro groups is 1. The minimum absolute atomic E-state index is 0.0468. The van der Waals surface area contributed by atoms with E-state index in [1.54, 1.807) is 18.3 Å². The number of carbonyl (C=O) groups excluding carboxylic acids is 1. The van der Waals surface area contributed by atoms with Gasteiger partial charge in [-0.1, -0.05) is 0 Å². The first-order valence-corrected chi connectivity index (χ1v) is 5.19. The fraction of sp³-hybridized carbons (Fsp3) is 0.273. The summed E-state index contributed by atoms with van der Waals surface area (Å²) in [5.41, 5.74) is 3.48. The molecule has 1 aromatic rings. The predicted octanol–water partition coefficient (Wildman–Crippen LogP) is 2.36. The fourth-order valence-corrected chi connectivity index (χ4v) is 1.13. The van der Waals surface area contributed by atoms with Crippen molar-refractivity contribution in [3.05, 3.63) is 34.4 Å². The van der Waals surface area contributed by atoms with Crippen LogP contribution in [0.2, 0.25) is 0 Å². The van der Waals surface area contributed by atoms with Gasteiger partial charge in [0.25, 0.3) is 5.69 Å². The minimum Gasteiger partial charge on any atom is -0.303 e. The maximum absolute atomic E-state index is 10.4. The molecule has 0 saturated carbocycles. The fourth-order valence-electron chi connectivity index (χ4n) is 1.13. The van der Waals surface area contributed by atoms with Gasteiger partial charge >= 0.3 is 0 Å². The van der Waals surface area contributed by atoms with Gasteiger partial charge in [-0.15, -0.1) is 0 Å². The first-order chi connectivity index (χ1) is 8.24. The summed E-state index contributed by atoms with van der Waals surface area (Å²) < 4.78 is 0. The third-order valence-electron chi connectivity index (χ3n) is 2.02. The third-order valence-corrected chi connectivity index (χ3v) is 2.02. The molecule has 0 amide bonds. The molecule has 0 spiro atoms. The van der Waals surface area contributed by atoms with E-state index in [0.29, 0.717) is 12.1 Å². The summed E-state index contributed by atoms with van der Waals surface area (Å²) >= 11 is 0. The van der Waals surface area contributed by atoms with Gasteiger partial charge in [0.15, 0.2) is 0 Å². The standard InChI is InChI=1S/C11H13N3O3/c15-9-3-1-2-8-12-13-10-4-6-11(7-5-10)14(16)17/h4-9,13H,1-3H2. The molecule has 6 heteroatoms. The molecule has 0 fully saturated rings. The second kappa shape index (κ2) is 7.10. The van der Waals surface area contributed by atoms with Gasteiger partial charge in [0, 0.05) is 24.8 Å². The highest BCUT2D eigenvalue weighted by Crippen LogP contribution is 2.15. The van der Waals surface area contributed by atoms with Crippen molar-refractivity contribution >= 4 is 23.9 Å². The number of anilines is 1. The number of nitrogens with zero attached hydrogens (tertiary/aromatic N) is 2. The zero-order valence-electron chi connectivity index (χ0n) is 9.20. The van der Waals surface area contributed by atoms with Gasteiger partial charge in [-0.05, 0) is 25.0 Å². The molecule has 1 rings (SSSR count). The number of hydrogen-bond donors (Lipinski definition) is 1. The molecule has 0 aliphatic carbocycles. The summed E-state index contributed by atoms with van der Waals surface area (Å²) in [5, 5.41) is 14.3. The monoisotopic (exact) mass is 235 g/mol. The van der Waals surface area contributed by atoms with Crippen LogP contribution in [0.4, 0.5) is 11.4 Å². The quantitative estimate of drug-likeness (QED) is 0.258. The molecule has 0 heterocycles. The Morgan fingerprint density at radius 3 is 2.59 bits per heavy atom. The molecule has 0 bridgehead atoms. The Morgan fingerprint density at radius 2 is 2.00 bits per heavy atom. The molecule has 1 aromatic carbocycles. The number of nitro benzene ring substituents is 1. The number of carbonyl (C=O) groups is 1. The summed E-state index contributed by atoms with van der Waals surface area (Å²) in [4.78, 5) is 20.0. The third kappa shape index (κ3) is 4.87. The summed E-state index contributed by atoms with van der Waals surface area (Å²) in [6, 6.07) is 5.98. The second-order valence-electron chi connectivity index (χ2n) is 3.33. The van der Waals surface area contributed by atoms with Crippen molar-refractivity contribution in [3.63, 3.8) is 0 Å². The average Bonchev–Trinajstić information content (AvgIpc) is 2.34. The van der Waals surface area contributed by atoms with Crippen LogP contribution in [0.15, 0.2) is 29.4 Å². The SMILES string of the molecule is O=CCCCC=NNc1ccc([N+](=O)[O-])cc1.